The summed E-state index contributed by atoms with van der Waals surface area (Å²) in [7, 11) is 1.64. The van der Waals surface area contributed by atoms with E-state index in [1.807, 2.05) is 86.6 Å². The second kappa shape index (κ2) is 9.13. The molecule has 0 aliphatic heterocycles. The van der Waals surface area contributed by atoms with Crippen molar-refractivity contribution in [1.29, 1.82) is 0 Å². The normalized spacial score (nSPS) is 10.4. The molecule has 0 radical (unpaired) electrons. The van der Waals surface area contributed by atoms with Crippen LogP contribution in [0.3, 0.4) is 0 Å². The van der Waals surface area contributed by atoms with Crippen molar-refractivity contribution in [3.05, 3.63) is 83.9 Å². The van der Waals surface area contributed by atoms with Gasteiger partial charge in [0.25, 0.3) is 0 Å². The fraction of sp³-hybridized carbons (Fsp3) is 0.125. The van der Waals surface area contributed by atoms with Gasteiger partial charge in [-0.3, -0.25) is 0 Å². The highest BCUT2D eigenvalue weighted by Crippen LogP contribution is 2.23. The molecule has 4 rings (SSSR count). The van der Waals surface area contributed by atoms with Gasteiger partial charge < -0.3 is 20.7 Å². The minimum Gasteiger partial charge on any atom is -0.497 e. The van der Waals surface area contributed by atoms with Crippen molar-refractivity contribution in [2.45, 2.75) is 13.8 Å². The molecule has 0 aliphatic carbocycles. The molecule has 4 aromatic rings. The predicted molar refractivity (Wildman–Crippen MR) is 125 cm³/mol. The molecule has 1 heterocycles. The average Bonchev–Trinajstić information content (AvgIpc) is 2.74. The van der Waals surface area contributed by atoms with Crippen LogP contribution in [0.4, 0.5) is 34.9 Å². The Hall–Kier alpha value is -4.13. The van der Waals surface area contributed by atoms with Crippen LogP contribution in [0.2, 0.25) is 0 Å². The summed E-state index contributed by atoms with van der Waals surface area (Å²) in [5.74, 6) is 2.08. The van der Waals surface area contributed by atoms with E-state index in [-0.39, 0.29) is 0 Å². The van der Waals surface area contributed by atoms with Gasteiger partial charge in [-0.2, -0.15) is 15.0 Å². The highest BCUT2D eigenvalue weighted by Gasteiger charge is 2.09. The molecule has 0 bridgehead atoms. The number of aryl methyl sites for hydroxylation is 2. The molecule has 3 N–H and O–H groups in total. The van der Waals surface area contributed by atoms with E-state index in [0.717, 1.165) is 33.9 Å². The van der Waals surface area contributed by atoms with E-state index in [9.17, 15) is 0 Å². The average molecular weight is 412 g/mol. The van der Waals surface area contributed by atoms with Crippen molar-refractivity contribution in [3.63, 3.8) is 0 Å². The van der Waals surface area contributed by atoms with E-state index < -0.39 is 0 Å². The Morgan fingerprint density at radius 2 is 1.03 bits per heavy atom. The molecule has 0 spiro atoms. The van der Waals surface area contributed by atoms with E-state index in [1.54, 1.807) is 7.11 Å². The van der Waals surface area contributed by atoms with Gasteiger partial charge in [-0.1, -0.05) is 24.3 Å². The maximum absolute atomic E-state index is 5.22. The lowest BCUT2D eigenvalue weighted by Crippen LogP contribution is -2.07. The van der Waals surface area contributed by atoms with E-state index in [0.29, 0.717) is 17.8 Å². The molecule has 0 aliphatic rings. The van der Waals surface area contributed by atoms with Gasteiger partial charge in [0.05, 0.1) is 7.11 Å². The summed E-state index contributed by atoms with van der Waals surface area (Å²) in [6, 6.07) is 23.6. The number of hydrogen-bond acceptors (Lipinski definition) is 7. The molecule has 156 valence electrons. The maximum atomic E-state index is 5.22. The number of methoxy groups -OCH3 is 1. The van der Waals surface area contributed by atoms with Crippen LogP contribution in [0.15, 0.2) is 72.8 Å². The third kappa shape index (κ3) is 5.48. The molecule has 7 nitrogen and oxygen atoms in total. The molecule has 0 saturated carbocycles. The van der Waals surface area contributed by atoms with E-state index in [4.69, 9.17) is 4.74 Å². The summed E-state index contributed by atoms with van der Waals surface area (Å²) in [6.07, 6.45) is 0. The molecule has 0 amide bonds. The molecule has 0 unspecified atom stereocenters. The molecule has 31 heavy (non-hydrogen) atoms. The van der Waals surface area contributed by atoms with Crippen molar-refractivity contribution < 1.29 is 4.74 Å². The maximum Gasteiger partial charge on any atom is 0.233 e. The Morgan fingerprint density at radius 3 is 1.45 bits per heavy atom. The van der Waals surface area contributed by atoms with Gasteiger partial charge >= 0.3 is 0 Å². The van der Waals surface area contributed by atoms with E-state index >= 15 is 0 Å². The van der Waals surface area contributed by atoms with Crippen LogP contribution in [0.1, 0.15) is 11.1 Å². The number of anilines is 6. The van der Waals surface area contributed by atoms with Crippen molar-refractivity contribution >= 4 is 34.9 Å². The van der Waals surface area contributed by atoms with Crippen LogP contribution in [-0.4, -0.2) is 22.1 Å². The quantitative estimate of drug-likeness (QED) is 0.357. The summed E-state index contributed by atoms with van der Waals surface area (Å²) in [4.78, 5) is 13.6. The van der Waals surface area contributed by atoms with Crippen molar-refractivity contribution in [1.82, 2.24) is 15.0 Å². The Bertz CT molecular complexity index is 1110. The molecular weight excluding hydrogens is 388 g/mol. The lowest BCUT2D eigenvalue weighted by atomic mass is 10.2. The third-order valence-electron chi connectivity index (χ3n) is 4.53. The SMILES string of the molecule is COc1ccc(Nc2nc(Nc3cccc(C)c3)nc(Nc3cccc(C)c3)n2)cc1. The first-order chi connectivity index (χ1) is 15.1. The number of rotatable bonds is 7. The van der Waals surface area contributed by atoms with Crippen LogP contribution in [-0.2, 0) is 0 Å². The number of aromatic nitrogens is 3. The van der Waals surface area contributed by atoms with Gasteiger partial charge in [0.15, 0.2) is 0 Å². The third-order valence-corrected chi connectivity index (χ3v) is 4.53. The van der Waals surface area contributed by atoms with Crippen LogP contribution in [0, 0.1) is 13.8 Å². The first-order valence-electron chi connectivity index (χ1n) is 9.92. The van der Waals surface area contributed by atoms with Gasteiger partial charge in [0.2, 0.25) is 17.8 Å². The molecule has 3 aromatic carbocycles. The standard InChI is InChI=1S/C24H24N6O/c1-16-6-4-8-19(14-16)26-23-28-22(25-18-10-12-21(31-3)13-11-18)29-24(30-23)27-20-9-5-7-17(2)15-20/h4-15H,1-3H3,(H3,25,26,27,28,29,30). The van der Waals surface area contributed by atoms with Crippen LogP contribution >= 0.6 is 0 Å². The van der Waals surface area contributed by atoms with Gasteiger partial charge in [0.1, 0.15) is 5.75 Å². The van der Waals surface area contributed by atoms with Gasteiger partial charge in [-0.15, -0.1) is 0 Å². The number of nitrogens with zero attached hydrogens (tertiary/aromatic N) is 3. The van der Waals surface area contributed by atoms with Crippen molar-refractivity contribution in [2.75, 3.05) is 23.1 Å². The lowest BCUT2D eigenvalue weighted by Gasteiger charge is -2.12. The number of nitrogens with one attached hydrogen (secondary N) is 3. The molecule has 0 fully saturated rings. The highest BCUT2D eigenvalue weighted by molar-refractivity contribution is 5.62. The molecular formula is C24H24N6O. The Labute approximate surface area is 181 Å². The molecule has 1 aromatic heterocycles. The minimum atomic E-state index is 0.422. The second-order valence-electron chi connectivity index (χ2n) is 7.15. The van der Waals surface area contributed by atoms with Crippen LogP contribution < -0.4 is 20.7 Å². The topological polar surface area (TPSA) is 84.0 Å². The summed E-state index contributed by atoms with van der Waals surface area (Å²) in [5.41, 5.74) is 4.95. The number of benzene rings is 3. The first-order valence-corrected chi connectivity index (χ1v) is 9.92. The van der Waals surface area contributed by atoms with E-state index in [2.05, 4.69) is 30.9 Å². The fourth-order valence-electron chi connectivity index (χ4n) is 3.05. The smallest absolute Gasteiger partial charge is 0.233 e. The molecule has 0 saturated heterocycles. The summed E-state index contributed by atoms with van der Waals surface area (Å²) in [5, 5.41) is 9.76. The van der Waals surface area contributed by atoms with Gasteiger partial charge in [-0.25, -0.2) is 0 Å². The zero-order chi connectivity index (χ0) is 21.6. The zero-order valence-corrected chi connectivity index (χ0v) is 17.7. The Kier molecular flexibility index (Phi) is 5.93. The molecule has 0 atom stereocenters. The van der Waals surface area contributed by atoms with Crippen LogP contribution in [0.5, 0.6) is 5.75 Å². The Balaban J connectivity index is 1.64. The first kappa shape index (κ1) is 20.2. The van der Waals surface area contributed by atoms with Gasteiger partial charge in [-0.05, 0) is 73.5 Å². The van der Waals surface area contributed by atoms with E-state index in [1.165, 1.54) is 0 Å². The lowest BCUT2D eigenvalue weighted by molar-refractivity contribution is 0.415. The number of hydrogen-bond donors (Lipinski definition) is 3. The van der Waals surface area contributed by atoms with Gasteiger partial charge in [0, 0.05) is 17.1 Å². The zero-order valence-electron chi connectivity index (χ0n) is 17.7. The Morgan fingerprint density at radius 1 is 0.581 bits per heavy atom. The molecule has 7 heteroatoms. The summed E-state index contributed by atoms with van der Waals surface area (Å²) >= 11 is 0. The minimum absolute atomic E-state index is 0.422. The monoisotopic (exact) mass is 412 g/mol. The highest BCUT2D eigenvalue weighted by atomic mass is 16.5. The second-order valence-corrected chi connectivity index (χ2v) is 7.15. The predicted octanol–water partition coefficient (Wildman–Crippen LogP) is 5.73. The van der Waals surface area contributed by atoms with Crippen molar-refractivity contribution in [3.8, 4) is 5.75 Å². The summed E-state index contributed by atoms with van der Waals surface area (Å²) < 4.78 is 5.22. The fourth-order valence-corrected chi connectivity index (χ4v) is 3.05. The van der Waals surface area contributed by atoms with Crippen molar-refractivity contribution in [2.24, 2.45) is 0 Å². The largest absolute Gasteiger partial charge is 0.497 e. The van der Waals surface area contributed by atoms with Crippen LogP contribution in [0.25, 0.3) is 0 Å². The number of ether oxygens (including phenoxy) is 1. The summed E-state index contributed by atoms with van der Waals surface area (Å²) in [6.45, 7) is 4.08.